The summed E-state index contributed by atoms with van der Waals surface area (Å²) in [5, 5.41) is 23.8. The van der Waals surface area contributed by atoms with Crippen LogP contribution in [0, 0.1) is 0 Å². The van der Waals surface area contributed by atoms with Crippen LogP contribution < -0.4 is 5.32 Å². The number of rotatable bonds is 46. The maximum absolute atomic E-state index is 13.2. The molecule has 0 heterocycles. The Morgan fingerprint density at radius 1 is 0.476 bits per heavy atom. The molecule has 3 unspecified atom stereocenters. The number of amides is 1. The monoisotopic (exact) mass is 878 g/mol. The molecule has 0 rings (SSSR count). The SMILES string of the molecule is CC/C=C/C=C/C=C/C=C\CCCCCCCC(=O)OC(CCCCC/C=C/C=C/C=C/CCCCCCC)CC(=O)NC(CO)C(O)CCCCCCCCCCCCCCC. The quantitative estimate of drug-likeness (QED) is 0.0322. The minimum absolute atomic E-state index is 0.0412. The molecule has 0 spiro atoms. The lowest BCUT2D eigenvalue weighted by atomic mass is 10.0. The van der Waals surface area contributed by atoms with E-state index in [1.165, 1.54) is 96.3 Å². The molecule has 0 saturated carbocycles. The van der Waals surface area contributed by atoms with E-state index in [0.29, 0.717) is 19.3 Å². The standard InChI is InChI=1S/C57H99NO5/c1-4-7-10-13-16-19-22-25-27-29-31-33-36-39-42-45-48-53(63-57(62)50-47-44-41-38-35-32-28-26-23-20-17-14-11-8-5-2)51-56(61)58-54(52-59)55(60)49-46-43-40-37-34-30-24-21-18-15-12-9-6-3/h8,11,14,17,20,22-23,25-29,31,33,53-55,59-60H,4-7,9-10,12-13,15-16,18-19,21,24,30,32,34-52H2,1-3H3,(H,58,61)/b11-8+,17-14+,23-20+,25-22+,28-26-,29-27+,33-31+. The van der Waals surface area contributed by atoms with Gasteiger partial charge in [0.1, 0.15) is 6.10 Å². The Bertz CT molecular complexity index is 1210. The second-order valence-corrected chi connectivity index (χ2v) is 17.7. The first-order chi connectivity index (χ1) is 31.0. The lowest BCUT2D eigenvalue weighted by Gasteiger charge is -2.24. The van der Waals surface area contributed by atoms with E-state index in [1.54, 1.807) is 0 Å². The van der Waals surface area contributed by atoms with E-state index in [4.69, 9.17) is 4.74 Å². The van der Waals surface area contributed by atoms with Gasteiger partial charge >= 0.3 is 5.97 Å². The molecule has 362 valence electrons. The first-order valence-electron chi connectivity index (χ1n) is 26.4. The van der Waals surface area contributed by atoms with Gasteiger partial charge in [-0.2, -0.15) is 0 Å². The molecule has 3 N–H and O–H groups in total. The number of ether oxygens (including phenoxy) is 1. The summed E-state index contributed by atoms with van der Waals surface area (Å²) in [6, 6.07) is -0.722. The first-order valence-corrected chi connectivity index (χ1v) is 26.4. The van der Waals surface area contributed by atoms with Crippen LogP contribution >= 0.6 is 0 Å². The van der Waals surface area contributed by atoms with Crippen LogP contribution in [0.3, 0.4) is 0 Å². The smallest absolute Gasteiger partial charge is 0.306 e. The lowest BCUT2D eigenvalue weighted by molar-refractivity contribution is -0.151. The zero-order valence-electron chi connectivity index (χ0n) is 41.2. The highest BCUT2D eigenvalue weighted by Crippen LogP contribution is 2.17. The van der Waals surface area contributed by atoms with Gasteiger partial charge in [-0.25, -0.2) is 0 Å². The molecule has 0 saturated heterocycles. The third-order valence-electron chi connectivity index (χ3n) is 11.6. The summed E-state index contributed by atoms with van der Waals surface area (Å²) in [6.07, 6.45) is 64.9. The molecule has 0 radical (unpaired) electrons. The number of hydrogen-bond acceptors (Lipinski definition) is 5. The summed E-state index contributed by atoms with van der Waals surface area (Å²) in [7, 11) is 0. The van der Waals surface area contributed by atoms with Crippen molar-refractivity contribution >= 4 is 11.9 Å². The number of esters is 1. The van der Waals surface area contributed by atoms with Gasteiger partial charge in [-0.3, -0.25) is 9.59 Å². The van der Waals surface area contributed by atoms with Crippen LogP contribution in [0.4, 0.5) is 0 Å². The predicted molar refractivity (Wildman–Crippen MR) is 273 cm³/mol. The van der Waals surface area contributed by atoms with Gasteiger partial charge in [-0.05, 0) is 70.6 Å². The summed E-state index contributed by atoms with van der Waals surface area (Å²) in [6.45, 7) is 6.31. The van der Waals surface area contributed by atoms with Gasteiger partial charge < -0.3 is 20.3 Å². The average Bonchev–Trinajstić information content (AvgIpc) is 3.28. The second kappa shape index (κ2) is 50.0. The van der Waals surface area contributed by atoms with Crippen molar-refractivity contribution in [3.63, 3.8) is 0 Å². The third kappa shape index (κ3) is 45.4. The van der Waals surface area contributed by atoms with Gasteiger partial charge in [-0.1, -0.05) is 241 Å². The Balaban J connectivity index is 4.72. The predicted octanol–water partition coefficient (Wildman–Crippen LogP) is 16.0. The highest BCUT2D eigenvalue weighted by atomic mass is 16.5. The van der Waals surface area contributed by atoms with Crippen molar-refractivity contribution in [1.29, 1.82) is 0 Å². The minimum atomic E-state index is -0.805. The second-order valence-electron chi connectivity index (χ2n) is 17.7. The molecule has 0 aliphatic rings. The molecule has 0 aromatic heterocycles. The number of aliphatic hydroxyl groups is 2. The highest BCUT2D eigenvalue weighted by Gasteiger charge is 2.24. The lowest BCUT2D eigenvalue weighted by Crippen LogP contribution is -2.46. The Morgan fingerprint density at radius 2 is 0.857 bits per heavy atom. The number of hydrogen-bond donors (Lipinski definition) is 3. The van der Waals surface area contributed by atoms with Gasteiger partial charge in [0.15, 0.2) is 0 Å². The van der Waals surface area contributed by atoms with E-state index in [9.17, 15) is 19.8 Å². The molecule has 3 atom stereocenters. The molecule has 0 aromatic rings. The Hall–Kier alpha value is -2.96. The molecule has 6 nitrogen and oxygen atoms in total. The zero-order valence-corrected chi connectivity index (χ0v) is 41.2. The van der Waals surface area contributed by atoms with E-state index in [1.807, 2.05) is 18.2 Å². The van der Waals surface area contributed by atoms with E-state index in [2.05, 4.69) is 92.9 Å². The average molecular weight is 878 g/mol. The summed E-state index contributed by atoms with van der Waals surface area (Å²) in [4.78, 5) is 26.2. The van der Waals surface area contributed by atoms with Gasteiger partial charge in [0.2, 0.25) is 5.91 Å². The summed E-state index contributed by atoms with van der Waals surface area (Å²) in [5.74, 6) is -0.537. The van der Waals surface area contributed by atoms with E-state index in [-0.39, 0.29) is 24.9 Å². The van der Waals surface area contributed by atoms with Crippen molar-refractivity contribution in [3.05, 3.63) is 85.1 Å². The molecular formula is C57H99NO5. The fraction of sp³-hybridized carbons (Fsp3) is 0.719. The molecule has 63 heavy (non-hydrogen) atoms. The van der Waals surface area contributed by atoms with Crippen molar-refractivity contribution in [3.8, 4) is 0 Å². The van der Waals surface area contributed by atoms with Crippen LogP contribution in [0.2, 0.25) is 0 Å². The number of allylic oxidation sites excluding steroid dienone is 14. The van der Waals surface area contributed by atoms with Crippen LogP contribution in [0.15, 0.2) is 85.1 Å². The Kier molecular flexibility index (Phi) is 47.7. The summed E-state index contributed by atoms with van der Waals surface area (Å²) >= 11 is 0. The number of aliphatic hydroxyl groups excluding tert-OH is 2. The van der Waals surface area contributed by atoms with E-state index >= 15 is 0 Å². The number of unbranched alkanes of at least 4 members (excludes halogenated alkanes) is 25. The number of carbonyl (C=O) groups is 2. The summed E-state index contributed by atoms with van der Waals surface area (Å²) in [5.41, 5.74) is 0. The van der Waals surface area contributed by atoms with E-state index < -0.39 is 18.2 Å². The van der Waals surface area contributed by atoms with Gasteiger partial charge in [0.05, 0.1) is 25.2 Å². The molecule has 0 aliphatic carbocycles. The van der Waals surface area contributed by atoms with Gasteiger partial charge in [0, 0.05) is 6.42 Å². The number of nitrogens with one attached hydrogen (secondary N) is 1. The first kappa shape index (κ1) is 60.0. The van der Waals surface area contributed by atoms with Gasteiger partial charge in [0.25, 0.3) is 0 Å². The summed E-state index contributed by atoms with van der Waals surface area (Å²) < 4.78 is 5.91. The largest absolute Gasteiger partial charge is 0.462 e. The van der Waals surface area contributed by atoms with E-state index in [0.717, 1.165) is 96.3 Å². The van der Waals surface area contributed by atoms with Crippen molar-refractivity contribution in [2.75, 3.05) is 6.61 Å². The molecule has 0 fully saturated rings. The van der Waals surface area contributed by atoms with Crippen LogP contribution in [-0.2, 0) is 14.3 Å². The van der Waals surface area contributed by atoms with Crippen LogP contribution in [0.1, 0.15) is 239 Å². The molecule has 0 bridgehead atoms. The van der Waals surface area contributed by atoms with Gasteiger partial charge in [-0.15, -0.1) is 0 Å². The highest BCUT2D eigenvalue weighted by molar-refractivity contribution is 5.77. The fourth-order valence-electron chi connectivity index (χ4n) is 7.62. The van der Waals surface area contributed by atoms with Crippen molar-refractivity contribution in [2.45, 2.75) is 257 Å². The Labute approximate surface area is 389 Å². The maximum atomic E-state index is 13.2. The maximum Gasteiger partial charge on any atom is 0.306 e. The van der Waals surface area contributed by atoms with Crippen LogP contribution in [0.25, 0.3) is 0 Å². The third-order valence-corrected chi connectivity index (χ3v) is 11.6. The molecular weight excluding hydrogens is 779 g/mol. The van der Waals surface area contributed by atoms with Crippen molar-refractivity contribution in [2.24, 2.45) is 0 Å². The van der Waals surface area contributed by atoms with Crippen molar-refractivity contribution in [1.82, 2.24) is 5.32 Å². The Morgan fingerprint density at radius 3 is 1.32 bits per heavy atom. The fourth-order valence-corrected chi connectivity index (χ4v) is 7.62. The van der Waals surface area contributed by atoms with Crippen LogP contribution in [-0.4, -0.2) is 46.9 Å². The molecule has 0 aromatic carbocycles. The molecule has 0 aliphatic heterocycles. The molecule has 6 heteroatoms. The minimum Gasteiger partial charge on any atom is -0.462 e. The topological polar surface area (TPSA) is 95.9 Å². The van der Waals surface area contributed by atoms with Crippen LogP contribution in [0.5, 0.6) is 0 Å². The molecule has 1 amide bonds. The van der Waals surface area contributed by atoms with Crippen molar-refractivity contribution < 1.29 is 24.5 Å². The zero-order chi connectivity index (χ0) is 45.9. The number of carbonyl (C=O) groups excluding carboxylic acids is 2. The normalized spacial score (nSPS) is 13.9.